The van der Waals surface area contributed by atoms with Crippen molar-refractivity contribution in [2.24, 2.45) is 0 Å². The van der Waals surface area contributed by atoms with E-state index in [1.807, 2.05) is 0 Å². The molecule has 0 aliphatic carbocycles. The van der Waals surface area contributed by atoms with Crippen molar-refractivity contribution in [1.29, 1.82) is 0 Å². The van der Waals surface area contributed by atoms with Crippen LogP contribution < -0.4 is 0 Å². The Morgan fingerprint density at radius 1 is 0.526 bits per heavy atom. The first kappa shape index (κ1) is 21.5. The van der Waals surface area contributed by atoms with E-state index in [0.717, 1.165) is 0 Å². The molecule has 0 spiro atoms. The monoisotopic (exact) mass is 291 g/mol. The molecule has 0 aromatic carbocycles. The molecule has 0 rings (SSSR count). The maximum Gasteiger partial charge on any atom is -0.00218 e. The lowest BCUT2D eigenvalue weighted by Crippen LogP contribution is -2.20. The van der Waals surface area contributed by atoms with E-state index in [1.165, 1.54) is 90.1 Å². The minimum Gasteiger partial charge on any atom is -0.306 e. The van der Waals surface area contributed by atoms with Crippen LogP contribution >= 0.6 is 12.4 Å². The zero-order valence-corrected chi connectivity index (χ0v) is 14.6. The minimum atomic E-state index is 0. The van der Waals surface area contributed by atoms with Gasteiger partial charge in [0.2, 0.25) is 0 Å². The largest absolute Gasteiger partial charge is 0.306 e. The quantitative estimate of drug-likeness (QED) is 0.352. The van der Waals surface area contributed by atoms with E-state index in [-0.39, 0.29) is 12.4 Å². The molecule has 0 aliphatic rings. The molecular formula is C17H38ClN. The van der Waals surface area contributed by atoms with Crippen LogP contribution in [0, 0.1) is 0 Å². The first-order valence-electron chi connectivity index (χ1n) is 8.49. The summed E-state index contributed by atoms with van der Waals surface area (Å²) in [7, 11) is 2.27. The van der Waals surface area contributed by atoms with E-state index < -0.39 is 0 Å². The second-order valence-electron chi connectivity index (χ2n) is 5.84. The molecule has 0 fully saturated rings. The first-order chi connectivity index (χ1) is 8.81. The third-order valence-electron chi connectivity index (χ3n) is 3.79. The fraction of sp³-hybridized carbons (Fsp3) is 1.00. The zero-order chi connectivity index (χ0) is 13.5. The summed E-state index contributed by atoms with van der Waals surface area (Å²) in [5.74, 6) is 0. The lowest BCUT2D eigenvalue weighted by Gasteiger charge is -2.15. The molecule has 0 aromatic heterocycles. The number of hydrogen-bond acceptors (Lipinski definition) is 1. The molecule has 0 bridgehead atoms. The van der Waals surface area contributed by atoms with E-state index in [2.05, 4.69) is 25.8 Å². The lowest BCUT2D eigenvalue weighted by atomic mass is 10.1. The van der Waals surface area contributed by atoms with Crippen molar-refractivity contribution in [2.45, 2.75) is 90.9 Å². The predicted octanol–water partition coefficient (Wildman–Crippen LogP) is 6.06. The van der Waals surface area contributed by atoms with Crippen molar-refractivity contribution < 1.29 is 0 Å². The maximum absolute atomic E-state index is 2.49. The number of hydrogen-bond donors (Lipinski definition) is 0. The SMILES string of the molecule is CCCCCCCCCCCCN(C)CCCC.Cl. The van der Waals surface area contributed by atoms with Gasteiger partial charge in [0.1, 0.15) is 0 Å². The van der Waals surface area contributed by atoms with Crippen molar-refractivity contribution >= 4 is 12.4 Å². The van der Waals surface area contributed by atoms with Gasteiger partial charge in [-0.2, -0.15) is 0 Å². The molecule has 0 saturated heterocycles. The van der Waals surface area contributed by atoms with Crippen LogP contribution in [0.15, 0.2) is 0 Å². The molecule has 0 aromatic rings. The van der Waals surface area contributed by atoms with Gasteiger partial charge in [0.15, 0.2) is 0 Å². The zero-order valence-electron chi connectivity index (χ0n) is 13.8. The number of nitrogens with zero attached hydrogens (tertiary/aromatic N) is 1. The topological polar surface area (TPSA) is 3.24 Å². The van der Waals surface area contributed by atoms with E-state index in [1.54, 1.807) is 0 Å². The van der Waals surface area contributed by atoms with E-state index in [9.17, 15) is 0 Å². The predicted molar refractivity (Wildman–Crippen MR) is 91.5 cm³/mol. The van der Waals surface area contributed by atoms with Crippen LogP contribution in [0.3, 0.4) is 0 Å². The molecule has 0 unspecified atom stereocenters. The van der Waals surface area contributed by atoms with Crippen molar-refractivity contribution in [1.82, 2.24) is 4.90 Å². The lowest BCUT2D eigenvalue weighted by molar-refractivity contribution is 0.318. The molecule has 0 heterocycles. The molecule has 0 radical (unpaired) electrons. The van der Waals surface area contributed by atoms with Crippen LogP contribution in [0.4, 0.5) is 0 Å². The molecule has 0 N–H and O–H groups in total. The fourth-order valence-corrected chi connectivity index (χ4v) is 2.41. The van der Waals surface area contributed by atoms with Crippen molar-refractivity contribution in [3.63, 3.8) is 0 Å². The molecule has 19 heavy (non-hydrogen) atoms. The highest BCUT2D eigenvalue weighted by Gasteiger charge is 1.97. The average Bonchev–Trinajstić information content (AvgIpc) is 2.38. The van der Waals surface area contributed by atoms with Gasteiger partial charge in [-0.15, -0.1) is 12.4 Å². The Kier molecular flexibility index (Phi) is 20.7. The summed E-state index contributed by atoms with van der Waals surface area (Å²) in [6.07, 6.45) is 17.1. The number of unbranched alkanes of at least 4 members (excludes halogenated alkanes) is 10. The first-order valence-corrected chi connectivity index (χ1v) is 8.49. The summed E-state index contributed by atoms with van der Waals surface area (Å²) < 4.78 is 0. The second-order valence-corrected chi connectivity index (χ2v) is 5.84. The van der Waals surface area contributed by atoms with Gasteiger partial charge in [-0.05, 0) is 33.0 Å². The standard InChI is InChI=1S/C17H37N.ClH/c1-4-6-8-9-10-11-12-13-14-15-17-18(3)16-7-5-2;/h4-17H2,1-3H3;1H. The summed E-state index contributed by atoms with van der Waals surface area (Å²) in [5.41, 5.74) is 0. The highest BCUT2D eigenvalue weighted by Crippen LogP contribution is 2.10. The van der Waals surface area contributed by atoms with E-state index in [0.29, 0.717) is 0 Å². The Hall–Kier alpha value is 0.250. The second kappa shape index (κ2) is 18.2. The Bertz CT molecular complexity index is 150. The van der Waals surface area contributed by atoms with Gasteiger partial charge >= 0.3 is 0 Å². The smallest absolute Gasteiger partial charge is 0.00218 e. The van der Waals surface area contributed by atoms with Gasteiger partial charge in [0.25, 0.3) is 0 Å². The van der Waals surface area contributed by atoms with Crippen LogP contribution in [0.1, 0.15) is 90.9 Å². The minimum absolute atomic E-state index is 0. The van der Waals surface area contributed by atoms with E-state index >= 15 is 0 Å². The molecule has 1 nitrogen and oxygen atoms in total. The highest BCUT2D eigenvalue weighted by molar-refractivity contribution is 5.85. The van der Waals surface area contributed by atoms with Gasteiger partial charge in [0, 0.05) is 0 Å². The molecule has 118 valence electrons. The summed E-state index contributed by atoms with van der Waals surface area (Å²) >= 11 is 0. The van der Waals surface area contributed by atoms with Crippen LogP contribution in [0.2, 0.25) is 0 Å². The Morgan fingerprint density at radius 3 is 1.37 bits per heavy atom. The van der Waals surface area contributed by atoms with Crippen LogP contribution in [-0.2, 0) is 0 Å². The maximum atomic E-state index is 2.49. The molecule has 0 saturated carbocycles. The number of rotatable bonds is 14. The van der Waals surface area contributed by atoms with Gasteiger partial charge < -0.3 is 4.90 Å². The van der Waals surface area contributed by atoms with Crippen molar-refractivity contribution in [3.05, 3.63) is 0 Å². The van der Waals surface area contributed by atoms with Gasteiger partial charge in [-0.1, -0.05) is 78.1 Å². The average molecular weight is 292 g/mol. The van der Waals surface area contributed by atoms with Gasteiger partial charge in [-0.3, -0.25) is 0 Å². The van der Waals surface area contributed by atoms with E-state index in [4.69, 9.17) is 0 Å². The molecule has 0 atom stereocenters. The summed E-state index contributed by atoms with van der Waals surface area (Å²) in [6, 6.07) is 0. The van der Waals surface area contributed by atoms with Crippen LogP contribution in [-0.4, -0.2) is 25.0 Å². The van der Waals surface area contributed by atoms with Gasteiger partial charge in [0.05, 0.1) is 0 Å². The summed E-state index contributed by atoms with van der Waals surface area (Å²) in [5, 5.41) is 0. The Morgan fingerprint density at radius 2 is 0.895 bits per heavy atom. The third kappa shape index (κ3) is 18.2. The molecule has 0 aliphatic heterocycles. The fourth-order valence-electron chi connectivity index (χ4n) is 2.41. The summed E-state index contributed by atoms with van der Waals surface area (Å²) in [6.45, 7) is 7.15. The molecule has 2 heteroatoms. The summed E-state index contributed by atoms with van der Waals surface area (Å²) in [4.78, 5) is 2.49. The highest BCUT2D eigenvalue weighted by atomic mass is 35.5. The normalized spacial score (nSPS) is 10.7. The Balaban J connectivity index is 0. The van der Waals surface area contributed by atoms with Gasteiger partial charge in [-0.25, -0.2) is 0 Å². The van der Waals surface area contributed by atoms with Crippen LogP contribution in [0.5, 0.6) is 0 Å². The van der Waals surface area contributed by atoms with Crippen molar-refractivity contribution in [3.8, 4) is 0 Å². The number of halogens is 1. The Labute approximate surface area is 128 Å². The molecule has 0 amide bonds. The third-order valence-corrected chi connectivity index (χ3v) is 3.79. The van der Waals surface area contributed by atoms with Crippen molar-refractivity contribution in [2.75, 3.05) is 20.1 Å². The molecular weight excluding hydrogens is 254 g/mol. The van der Waals surface area contributed by atoms with Crippen LogP contribution in [0.25, 0.3) is 0 Å².